The van der Waals surface area contributed by atoms with Gasteiger partial charge in [0.05, 0.1) is 10.7 Å². The smallest absolute Gasteiger partial charge is 0.317 e. The molecule has 0 spiro atoms. The molecule has 1 amide bonds. The first kappa shape index (κ1) is 20.4. The Morgan fingerprint density at radius 3 is 2.41 bits per heavy atom. The van der Waals surface area contributed by atoms with Gasteiger partial charge in [-0.15, -0.1) is 11.8 Å². The van der Waals surface area contributed by atoms with E-state index in [-0.39, 0.29) is 23.8 Å². The number of nitro groups is 1. The predicted molar refractivity (Wildman–Crippen MR) is 97.6 cm³/mol. The van der Waals surface area contributed by atoms with Crippen molar-refractivity contribution in [3.05, 3.63) is 70.0 Å². The summed E-state index contributed by atoms with van der Waals surface area (Å²) in [5.41, 5.74) is 0.686. The van der Waals surface area contributed by atoms with E-state index in [1.807, 2.05) is 0 Å². The number of halogens is 1. The summed E-state index contributed by atoms with van der Waals surface area (Å²) < 4.78 is 17.9. The molecule has 0 aromatic heterocycles. The van der Waals surface area contributed by atoms with E-state index in [9.17, 15) is 24.1 Å². The molecule has 27 heavy (non-hydrogen) atoms. The van der Waals surface area contributed by atoms with Gasteiger partial charge in [-0.3, -0.25) is 19.7 Å². The number of hydrogen-bond donors (Lipinski definition) is 1. The Labute approximate surface area is 159 Å². The van der Waals surface area contributed by atoms with Crippen LogP contribution >= 0.6 is 11.8 Å². The van der Waals surface area contributed by atoms with Crippen LogP contribution in [-0.2, 0) is 20.9 Å². The van der Waals surface area contributed by atoms with Gasteiger partial charge in [0, 0.05) is 23.6 Å². The highest BCUT2D eigenvalue weighted by Crippen LogP contribution is 2.21. The van der Waals surface area contributed by atoms with E-state index in [4.69, 9.17) is 4.74 Å². The molecular weight excluding hydrogens is 375 g/mol. The number of hydrogen-bond acceptors (Lipinski definition) is 6. The van der Waals surface area contributed by atoms with Crippen LogP contribution in [0.1, 0.15) is 12.5 Å². The zero-order valence-electron chi connectivity index (χ0n) is 14.4. The van der Waals surface area contributed by atoms with Crippen LogP contribution in [0, 0.1) is 15.9 Å². The van der Waals surface area contributed by atoms with Crippen LogP contribution in [-0.4, -0.2) is 28.7 Å². The summed E-state index contributed by atoms with van der Waals surface area (Å²) in [5, 5.41) is 13.2. The lowest BCUT2D eigenvalue weighted by molar-refractivity contribution is -0.384. The monoisotopic (exact) mass is 392 g/mol. The number of carbonyl (C=O) groups is 2. The first-order valence-corrected chi connectivity index (χ1v) is 8.92. The number of amides is 1. The van der Waals surface area contributed by atoms with E-state index in [0.29, 0.717) is 4.90 Å². The van der Waals surface area contributed by atoms with E-state index in [2.05, 4.69) is 5.32 Å². The molecule has 0 aliphatic rings. The Kier molecular flexibility index (Phi) is 7.30. The normalized spacial score (nSPS) is 11.5. The molecule has 0 aliphatic heterocycles. The second kappa shape index (κ2) is 9.67. The van der Waals surface area contributed by atoms with Crippen LogP contribution in [0.3, 0.4) is 0 Å². The summed E-state index contributed by atoms with van der Waals surface area (Å²) in [5.74, 6) is -1.44. The number of carbonyl (C=O) groups excluding carboxylic acids is 2. The quantitative estimate of drug-likeness (QED) is 0.321. The Balaban J connectivity index is 1.74. The maximum atomic E-state index is 12.8. The molecule has 0 bridgehead atoms. The first-order chi connectivity index (χ1) is 12.8. The molecule has 0 saturated heterocycles. The minimum atomic E-state index is -0.976. The summed E-state index contributed by atoms with van der Waals surface area (Å²) in [6, 6.07) is 11.4. The molecule has 2 rings (SSSR count). The number of nitrogens with one attached hydrogen (secondary N) is 1. The van der Waals surface area contributed by atoms with Crippen molar-refractivity contribution >= 4 is 29.3 Å². The van der Waals surface area contributed by atoms with Crippen molar-refractivity contribution in [2.24, 2.45) is 0 Å². The topological polar surface area (TPSA) is 98.5 Å². The maximum Gasteiger partial charge on any atom is 0.317 e. The zero-order chi connectivity index (χ0) is 19.8. The lowest BCUT2D eigenvalue weighted by Gasteiger charge is -2.13. The van der Waals surface area contributed by atoms with Gasteiger partial charge in [0.1, 0.15) is 5.82 Å². The SMILES string of the molecule is C[C@@H](OC(=O)CSc1ccc([N+](=O)[O-])cc1)C(=O)NCc1ccc(F)cc1. The minimum Gasteiger partial charge on any atom is -0.452 e. The van der Waals surface area contributed by atoms with Crippen LogP contribution in [0.4, 0.5) is 10.1 Å². The van der Waals surface area contributed by atoms with Crippen molar-refractivity contribution in [2.75, 3.05) is 5.75 Å². The standard InChI is InChI=1S/C18H17FN2O5S/c1-12(18(23)20-10-13-2-4-14(19)5-3-13)26-17(22)11-27-16-8-6-15(7-9-16)21(24)25/h2-9,12H,10-11H2,1H3,(H,20,23)/t12-/m1/s1. The molecule has 7 nitrogen and oxygen atoms in total. The minimum absolute atomic E-state index is 0.0339. The number of rotatable bonds is 8. The summed E-state index contributed by atoms with van der Waals surface area (Å²) in [6.45, 7) is 1.65. The average Bonchev–Trinajstić information content (AvgIpc) is 2.66. The number of nitrogens with zero attached hydrogens (tertiary/aromatic N) is 1. The van der Waals surface area contributed by atoms with Gasteiger partial charge >= 0.3 is 5.97 Å². The Morgan fingerprint density at radius 2 is 1.81 bits per heavy atom. The fraction of sp³-hybridized carbons (Fsp3) is 0.222. The first-order valence-electron chi connectivity index (χ1n) is 7.94. The second-order valence-corrected chi connectivity index (χ2v) is 6.56. The van der Waals surface area contributed by atoms with Crippen molar-refractivity contribution in [1.82, 2.24) is 5.32 Å². The van der Waals surface area contributed by atoms with Crippen LogP contribution in [0.5, 0.6) is 0 Å². The van der Waals surface area contributed by atoms with Crippen molar-refractivity contribution in [3.8, 4) is 0 Å². The fourth-order valence-electron chi connectivity index (χ4n) is 2.03. The maximum absolute atomic E-state index is 12.8. The molecule has 1 atom stereocenters. The second-order valence-electron chi connectivity index (χ2n) is 5.52. The average molecular weight is 392 g/mol. The summed E-state index contributed by atoms with van der Waals surface area (Å²) in [7, 11) is 0. The van der Waals surface area contributed by atoms with Gasteiger partial charge in [0.15, 0.2) is 6.10 Å². The number of nitro benzene ring substituents is 1. The largest absolute Gasteiger partial charge is 0.452 e. The fourth-order valence-corrected chi connectivity index (χ4v) is 2.71. The third-order valence-corrected chi connectivity index (χ3v) is 4.45. The summed E-state index contributed by atoms with van der Waals surface area (Å²) >= 11 is 1.15. The Hall–Kier alpha value is -2.94. The lowest BCUT2D eigenvalue weighted by Crippen LogP contribution is -2.35. The molecule has 0 saturated carbocycles. The molecule has 9 heteroatoms. The lowest BCUT2D eigenvalue weighted by atomic mass is 10.2. The van der Waals surface area contributed by atoms with Gasteiger partial charge < -0.3 is 10.1 Å². The van der Waals surface area contributed by atoms with Gasteiger partial charge in [-0.25, -0.2) is 4.39 Å². The molecule has 1 N–H and O–H groups in total. The molecule has 0 fully saturated rings. The third-order valence-electron chi connectivity index (χ3n) is 3.46. The van der Waals surface area contributed by atoms with E-state index in [0.717, 1.165) is 17.3 Å². The molecule has 0 aliphatic carbocycles. The molecule has 0 unspecified atom stereocenters. The number of ether oxygens (including phenoxy) is 1. The van der Waals surface area contributed by atoms with Crippen LogP contribution in [0.2, 0.25) is 0 Å². The van der Waals surface area contributed by atoms with Gasteiger partial charge in [0.25, 0.3) is 11.6 Å². The molecule has 0 radical (unpaired) electrons. The van der Waals surface area contributed by atoms with E-state index >= 15 is 0 Å². The highest BCUT2D eigenvalue weighted by molar-refractivity contribution is 8.00. The van der Waals surface area contributed by atoms with Crippen molar-refractivity contribution < 1.29 is 23.6 Å². The number of thioether (sulfide) groups is 1. The number of non-ortho nitro benzene ring substituents is 1. The van der Waals surface area contributed by atoms with Crippen molar-refractivity contribution in [1.29, 1.82) is 0 Å². The Morgan fingerprint density at radius 1 is 1.19 bits per heavy atom. The highest BCUT2D eigenvalue weighted by atomic mass is 32.2. The van der Waals surface area contributed by atoms with Crippen LogP contribution in [0.15, 0.2) is 53.4 Å². The van der Waals surface area contributed by atoms with Crippen LogP contribution in [0.25, 0.3) is 0 Å². The highest BCUT2D eigenvalue weighted by Gasteiger charge is 2.17. The zero-order valence-corrected chi connectivity index (χ0v) is 15.2. The number of esters is 1. The summed E-state index contributed by atoms with van der Waals surface area (Å²) in [6.07, 6.45) is -0.976. The third kappa shape index (κ3) is 6.70. The molecule has 2 aromatic rings. The van der Waals surface area contributed by atoms with Gasteiger partial charge in [-0.05, 0) is 36.8 Å². The molecule has 142 valence electrons. The van der Waals surface area contributed by atoms with Crippen LogP contribution < -0.4 is 5.32 Å². The van der Waals surface area contributed by atoms with Crippen molar-refractivity contribution in [2.45, 2.75) is 24.5 Å². The van der Waals surface area contributed by atoms with E-state index in [1.165, 1.54) is 43.3 Å². The van der Waals surface area contributed by atoms with E-state index < -0.39 is 22.9 Å². The van der Waals surface area contributed by atoms with E-state index in [1.54, 1.807) is 12.1 Å². The van der Waals surface area contributed by atoms with Gasteiger partial charge in [0.2, 0.25) is 0 Å². The van der Waals surface area contributed by atoms with Crippen molar-refractivity contribution in [3.63, 3.8) is 0 Å². The molecular formula is C18H17FN2O5S. The molecule has 2 aromatic carbocycles. The summed E-state index contributed by atoms with van der Waals surface area (Å²) in [4.78, 5) is 34.6. The van der Waals surface area contributed by atoms with Gasteiger partial charge in [-0.2, -0.15) is 0 Å². The number of benzene rings is 2. The predicted octanol–water partition coefficient (Wildman–Crippen LogP) is 3.07. The molecule has 0 heterocycles. The Bertz CT molecular complexity index is 812. The van der Waals surface area contributed by atoms with Gasteiger partial charge in [-0.1, -0.05) is 12.1 Å².